The largest absolute Gasteiger partial charge is 0.465 e. The fraction of sp³-hybridized carbons (Fsp3) is 0.474. The van der Waals surface area contributed by atoms with Crippen LogP contribution in [0.3, 0.4) is 0 Å². The van der Waals surface area contributed by atoms with Crippen molar-refractivity contribution in [1.29, 1.82) is 0 Å². The van der Waals surface area contributed by atoms with Gasteiger partial charge in [-0.3, -0.25) is 4.79 Å². The van der Waals surface area contributed by atoms with Crippen LogP contribution in [-0.4, -0.2) is 44.1 Å². The number of carbonyl (C=O) groups excluding carboxylic acids is 4. The summed E-state index contributed by atoms with van der Waals surface area (Å²) in [5, 5.41) is 3.03. The third-order valence-electron chi connectivity index (χ3n) is 4.05. The Balaban J connectivity index is 2.01. The number of methoxy groups -OCH3 is 1. The lowest BCUT2D eigenvalue weighted by Gasteiger charge is -2.07. The van der Waals surface area contributed by atoms with Crippen molar-refractivity contribution in [3.05, 3.63) is 28.2 Å². The maximum Gasteiger partial charge on any atom is 0.341 e. The molecule has 152 valence electrons. The summed E-state index contributed by atoms with van der Waals surface area (Å²) in [7, 11) is 1.30. The van der Waals surface area contributed by atoms with Crippen molar-refractivity contribution in [1.82, 2.24) is 0 Å². The van der Waals surface area contributed by atoms with Gasteiger partial charge in [0, 0.05) is 17.0 Å². The Labute approximate surface area is 166 Å². The van der Waals surface area contributed by atoms with Gasteiger partial charge in [0.15, 0.2) is 6.61 Å². The zero-order valence-electron chi connectivity index (χ0n) is 15.9. The molecule has 1 aliphatic rings. The molecule has 9 heteroatoms. The Morgan fingerprint density at radius 3 is 2.39 bits per heavy atom. The Bertz CT molecular complexity index is 781. The Morgan fingerprint density at radius 1 is 1.04 bits per heavy atom. The summed E-state index contributed by atoms with van der Waals surface area (Å²) < 4.78 is 14.3. The van der Waals surface area contributed by atoms with E-state index in [1.54, 1.807) is 6.92 Å². The Kier molecular flexibility index (Phi) is 8.19. The summed E-state index contributed by atoms with van der Waals surface area (Å²) in [6.45, 7) is 1.28. The van der Waals surface area contributed by atoms with Crippen molar-refractivity contribution in [2.24, 2.45) is 0 Å². The van der Waals surface area contributed by atoms with E-state index < -0.39 is 30.4 Å². The fourth-order valence-electron chi connectivity index (χ4n) is 2.82. The van der Waals surface area contributed by atoms with Gasteiger partial charge in [-0.15, -0.1) is 11.3 Å². The van der Waals surface area contributed by atoms with Gasteiger partial charge in [-0.05, 0) is 38.2 Å². The van der Waals surface area contributed by atoms with E-state index >= 15 is 0 Å². The molecule has 8 nitrogen and oxygen atoms in total. The van der Waals surface area contributed by atoms with E-state index in [1.807, 2.05) is 0 Å². The summed E-state index contributed by atoms with van der Waals surface area (Å²) in [5.74, 6) is -2.60. The number of anilines is 1. The van der Waals surface area contributed by atoms with Crippen LogP contribution in [0.25, 0.3) is 0 Å². The molecule has 0 unspecified atom stereocenters. The van der Waals surface area contributed by atoms with Crippen molar-refractivity contribution in [3.63, 3.8) is 0 Å². The van der Waals surface area contributed by atoms with Gasteiger partial charge in [0.2, 0.25) is 0 Å². The number of aryl methyl sites for hydroxylation is 1. The number of fused-ring (bicyclic) bond motifs is 1. The van der Waals surface area contributed by atoms with Crippen molar-refractivity contribution in [2.45, 2.75) is 39.0 Å². The van der Waals surface area contributed by atoms with Crippen LogP contribution in [0, 0.1) is 0 Å². The van der Waals surface area contributed by atoms with Crippen LogP contribution in [0.4, 0.5) is 5.00 Å². The van der Waals surface area contributed by atoms with Crippen LogP contribution in [0.2, 0.25) is 0 Å². The lowest BCUT2D eigenvalue weighted by atomic mass is 10.1. The first-order valence-corrected chi connectivity index (χ1v) is 9.82. The standard InChI is InChI=1S/C19H23NO7S/c1-3-26-15(22)9-10-16(23)27-11-14(21)20-18-17(19(24)25-2)12-7-5-4-6-8-13(12)28-18/h9-10H,3-8,11H2,1-2H3,(H,20,21). The van der Waals surface area contributed by atoms with Crippen LogP contribution in [0.15, 0.2) is 12.2 Å². The first-order valence-electron chi connectivity index (χ1n) is 9.00. The smallest absolute Gasteiger partial charge is 0.341 e. The molecule has 0 saturated heterocycles. The molecule has 0 bridgehead atoms. The van der Waals surface area contributed by atoms with Crippen LogP contribution in [-0.2, 0) is 41.4 Å². The highest BCUT2D eigenvalue weighted by Crippen LogP contribution is 2.37. The fourth-order valence-corrected chi connectivity index (χ4v) is 4.12. The van der Waals surface area contributed by atoms with Crippen LogP contribution < -0.4 is 5.32 Å². The maximum atomic E-state index is 12.2. The zero-order valence-corrected chi connectivity index (χ0v) is 16.7. The Morgan fingerprint density at radius 2 is 1.71 bits per heavy atom. The number of carbonyl (C=O) groups is 4. The minimum atomic E-state index is -0.849. The Hall–Kier alpha value is -2.68. The van der Waals surface area contributed by atoms with E-state index in [0.717, 1.165) is 54.7 Å². The van der Waals surface area contributed by atoms with Gasteiger partial charge in [-0.2, -0.15) is 0 Å². The van der Waals surface area contributed by atoms with Gasteiger partial charge < -0.3 is 19.5 Å². The highest BCUT2D eigenvalue weighted by Gasteiger charge is 2.26. The third-order valence-corrected chi connectivity index (χ3v) is 5.26. The molecule has 0 atom stereocenters. The van der Waals surface area contributed by atoms with Gasteiger partial charge in [0.1, 0.15) is 5.00 Å². The number of amides is 1. The van der Waals surface area contributed by atoms with E-state index in [2.05, 4.69) is 10.1 Å². The van der Waals surface area contributed by atoms with Crippen molar-refractivity contribution in [2.75, 3.05) is 25.6 Å². The van der Waals surface area contributed by atoms with Crippen molar-refractivity contribution < 1.29 is 33.4 Å². The second-order valence-corrected chi connectivity index (χ2v) is 7.11. The summed E-state index contributed by atoms with van der Waals surface area (Å²) in [6.07, 6.45) is 6.54. The second kappa shape index (κ2) is 10.6. The molecule has 1 aromatic heterocycles. The van der Waals surface area contributed by atoms with Crippen molar-refractivity contribution in [3.8, 4) is 0 Å². The van der Waals surface area contributed by atoms with E-state index in [1.165, 1.54) is 18.4 Å². The molecular weight excluding hydrogens is 386 g/mol. The summed E-state index contributed by atoms with van der Waals surface area (Å²) in [6, 6.07) is 0. The van der Waals surface area contributed by atoms with E-state index in [-0.39, 0.29) is 6.61 Å². The quantitative estimate of drug-likeness (QED) is 0.319. The lowest BCUT2D eigenvalue weighted by Crippen LogP contribution is -2.21. The molecule has 1 aromatic rings. The van der Waals surface area contributed by atoms with Crippen LogP contribution in [0.5, 0.6) is 0 Å². The van der Waals surface area contributed by atoms with E-state index in [9.17, 15) is 19.2 Å². The first kappa shape index (κ1) is 21.6. The minimum Gasteiger partial charge on any atom is -0.465 e. The van der Waals surface area contributed by atoms with Gasteiger partial charge in [-0.1, -0.05) is 6.42 Å². The number of ether oxygens (including phenoxy) is 3. The first-order chi connectivity index (χ1) is 13.5. The molecule has 1 amide bonds. The highest BCUT2D eigenvalue weighted by atomic mass is 32.1. The molecule has 0 aromatic carbocycles. The van der Waals surface area contributed by atoms with Gasteiger partial charge in [0.05, 0.1) is 19.3 Å². The molecule has 1 N–H and O–H groups in total. The molecule has 0 spiro atoms. The average Bonchev–Trinajstić information content (AvgIpc) is 2.84. The number of hydrogen-bond acceptors (Lipinski definition) is 8. The number of thiophene rings is 1. The van der Waals surface area contributed by atoms with E-state index in [0.29, 0.717) is 10.6 Å². The zero-order chi connectivity index (χ0) is 20.5. The second-order valence-electron chi connectivity index (χ2n) is 6.00. The van der Waals surface area contributed by atoms with Crippen LogP contribution in [0.1, 0.15) is 47.0 Å². The monoisotopic (exact) mass is 409 g/mol. The molecular formula is C19H23NO7S. The molecule has 0 saturated carbocycles. The SMILES string of the molecule is CCOC(=O)C=CC(=O)OCC(=O)Nc1sc2c(c1C(=O)OC)CCCCC2. The predicted octanol–water partition coefficient (Wildman–Crippen LogP) is 2.40. The van der Waals surface area contributed by atoms with Crippen LogP contribution >= 0.6 is 11.3 Å². The number of hydrogen-bond donors (Lipinski definition) is 1. The average molecular weight is 409 g/mol. The highest BCUT2D eigenvalue weighted by molar-refractivity contribution is 7.17. The topological polar surface area (TPSA) is 108 Å². The van der Waals surface area contributed by atoms with E-state index in [4.69, 9.17) is 9.47 Å². The number of nitrogens with one attached hydrogen (secondary N) is 1. The maximum absolute atomic E-state index is 12.2. The van der Waals surface area contributed by atoms with Crippen molar-refractivity contribution >= 4 is 40.2 Å². The minimum absolute atomic E-state index is 0.188. The number of esters is 3. The van der Waals surface area contributed by atoms with Gasteiger partial charge >= 0.3 is 17.9 Å². The predicted molar refractivity (Wildman–Crippen MR) is 102 cm³/mol. The third kappa shape index (κ3) is 5.91. The normalized spacial score (nSPS) is 13.4. The summed E-state index contributed by atoms with van der Waals surface area (Å²) >= 11 is 1.35. The molecule has 0 radical (unpaired) electrons. The molecule has 0 aliphatic heterocycles. The van der Waals surface area contributed by atoms with Gasteiger partial charge in [0.25, 0.3) is 5.91 Å². The van der Waals surface area contributed by atoms with Gasteiger partial charge in [-0.25, -0.2) is 14.4 Å². The lowest BCUT2D eigenvalue weighted by molar-refractivity contribution is -0.143. The molecule has 2 rings (SSSR count). The molecule has 1 aliphatic carbocycles. The summed E-state index contributed by atoms with van der Waals surface area (Å²) in [4.78, 5) is 48.1. The molecule has 0 fully saturated rings. The summed E-state index contributed by atoms with van der Waals surface area (Å²) in [5.41, 5.74) is 1.31. The molecule has 28 heavy (non-hydrogen) atoms. The molecule has 1 heterocycles. The number of rotatable bonds is 7.